The van der Waals surface area contributed by atoms with Gasteiger partial charge in [-0.3, -0.25) is 0 Å². The molecule has 150 valence electrons. The van der Waals surface area contributed by atoms with E-state index in [1.165, 1.54) is 12.1 Å². The fourth-order valence-electron chi connectivity index (χ4n) is 3.20. The molecular formula is C21H27FN4O2. The highest BCUT2D eigenvalue weighted by atomic mass is 19.1. The second-order valence-electron chi connectivity index (χ2n) is 6.77. The lowest BCUT2D eigenvalue weighted by Gasteiger charge is -2.38. The molecule has 0 bridgehead atoms. The van der Waals surface area contributed by atoms with Crippen LogP contribution in [0.2, 0.25) is 0 Å². The molecule has 7 heteroatoms. The SMILES string of the molecule is CCNC(=NCc1ccc(OC)nc1)N1CC(C)OC(c2ccc(F)cc2)C1. The van der Waals surface area contributed by atoms with Crippen LogP contribution in [0.25, 0.3) is 0 Å². The molecule has 2 unspecified atom stereocenters. The molecule has 1 saturated heterocycles. The number of rotatable bonds is 5. The molecule has 0 saturated carbocycles. The van der Waals surface area contributed by atoms with Gasteiger partial charge in [0.1, 0.15) is 11.9 Å². The van der Waals surface area contributed by atoms with E-state index in [1.807, 2.05) is 26.0 Å². The number of benzene rings is 1. The average Bonchev–Trinajstić information content (AvgIpc) is 2.71. The number of pyridine rings is 1. The van der Waals surface area contributed by atoms with E-state index in [-0.39, 0.29) is 18.0 Å². The van der Waals surface area contributed by atoms with Crippen LogP contribution in [0.5, 0.6) is 5.88 Å². The molecule has 1 N–H and O–H groups in total. The highest BCUT2D eigenvalue weighted by Crippen LogP contribution is 2.25. The monoisotopic (exact) mass is 386 g/mol. The highest BCUT2D eigenvalue weighted by molar-refractivity contribution is 5.80. The molecule has 1 aromatic carbocycles. The molecular weight excluding hydrogens is 359 g/mol. The molecule has 2 atom stereocenters. The van der Waals surface area contributed by atoms with E-state index < -0.39 is 0 Å². The third kappa shape index (κ3) is 5.19. The van der Waals surface area contributed by atoms with Crippen LogP contribution in [0.3, 0.4) is 0 Å². The fraction of sp³-hybridized carbons (Fsp3) is 0.429. The first-order valence-electron chi connectivity index (χ1n) is 9.52. The van der Waals surface area contributed by atoms with Crippen molar-refractivity contribution in [2.24, 2.45) is 4.99 Å². The number of aromatic nitrogens is 1. The molecule has 1 aliphatic rings. The quantitative estimate of drug-likeness (QED) is 0.632. The molecule has 1 aromatic heterocycles. The first-order valence-corrected chi connectivity index (χ1v) is 9.52. The lowest BCUT2D eigenvalue weighted by molar-refractivity contribution is -0.0605. The summed E-state index contributed by atoms with van der Waals surface area (Å²) in [5.74, 6) is 1.18. The molecule has 0 aliphatic carbocycles. The van der Waals surface area contributed by atoms with Crippen LogP contribution in [-0.2, 0) is 11.3 Å². The summed E-state index contributed by atoms with van der Waals surface area (Å²) in [7, 11) is 1.60. The Bertz CT molecular complexity index is 780. The van der Waals surface area contributed by atoms with Crippen molar-refractivity contribution in [1.82, 2.24) is 15.2 Å². The zero-order valence-electron chi connectivity index (χ0n) is 16.6. The molecule has 28 heavy (non-hydrogen) atoms. The third-order valence-electron chi connectivity index (χ3n) is 4.55. The van der Waals surface area contributed by atoms with Gasteiger partial charge in [-0.05, 0) is 37.1 Å². The van der Waals surface area contributed by atoms with Gasteiger partial charge in [-0.1, -0.05) is 18.2 Å². The third-order valence-corrected chi connectivity index (χ3v) is 4.55. The Morgan fingerprint density at radius 1 is 1.29 bits per heavy atom. The van der Waals surface area contributed by atoms with Crippen LogP contribution in [0.15, 0.2) is 47.6 Å². The summed E-state index contributed by atoms with van der Waals surface area (Å²) in [5, 5.41) is 3.36. The smallest absolute Gasteiger partial charge is 0.212 e. The maximum absolute atomic E-state index is 13.3. The predicted molar refractivity (Wildman–Crippen MR) is 107 cm³/mol. The van der Waals surface area contributed by atoms with Crippen molar-refractivity contribution in [2.45, 2.75) is 32.6 Å². The lowest BCUT2D eigenvalue weighted by Crippen LogP contribution is -2.50. The van der Waals surface area contributed by atoms with Crippen LogP contribution < -0.4 is 10.1 Å². The number of methoxy groups -OCH3 is 1. The second-order valence-corrected chi connectivity index (χ2v) is 6.77. The Morgan fingerprint density at radius 3 is 2.71 bits per heavy atom. The van der Waals surface area contributed by atoms with E-state index in [1.54, 1.807) is 25.4 Å². The van der Waals surface area contributed by atoms with Gasteiger partial charge in [0.15, 0.2) is 5.96 Å². The molecule has 2 aromatic rings. The normalized spacial score (nSPS) is 20.1. The van der Waals surface area contributed by atoms with Crippen molar-refractivity contribution >= 4 is 5.96 Å². The largest absolute Gasteiger partial charge is 0.481 e. The first-order chi connectivity index (χ1) is 13.6. The predicted octanol–water partition coefficient (Wildman–Crippen LogP) is 3.16. The number of hydrogen-bond donors (Lipinski definition) is 1. The van der Waals surface area contributed by atoms with Gasteiger partial charge in [0.05, 0.1) is 26.3 Å². The summed E-state index contributed by atoms with van der Waals surface area (Å²) in [4.78, 5) is 11.2. The number of morpholine rings is 1. The van der Waals surface area contributed by atoms with Crippen molar-refractivity contribution in [3.63, 3.8) is 0 Å². The number of nitrogens with one attached hydrogen (secondary N) is 1. The fourth-order valence-corrected chi connectivity index (χ4v) is 3.20. The Hall–Kier alpha value is -2.67. The molecule has 1 fully saturated rings. The van der Waals surface area contributed by atoms with Gasteiger partial charge in [-0.25, -0.2) is 14.4 Å². The number of nitrogens with zero attached hydrogens (tertiary/aromatic N) is 3. The molecule has 0 radical (unpaired) electrons. The first kappa shape index (κ1) is 20.1. The zero-order chi connectivity index (χ0) is 19.9. The maximum Gasteiger partial charge on any atom is 0.212 e. The van der Waals surface area contributed by atoms with Gasteiger partial charge in [-0.15, -0.1) is 0 Å². The van der Waals surface area contributed by atoms with Crippen LogP contribution in [0.4, 0.5) is 4.39 Å². The summed E-state index contributed by atoms with van der Waals surface area (Å²) in [6, 6.07) is 10.3. The average molecular weight is 386 g/mol. The van der Waals surface area contributed by atoms with Gasteiger partial charge in [0.25, 0.3) is 0 Å². The highest BCUT2D eigenvalue weighted by Gasteiger charge is 2.28. The maximum atomic E-state index is 13.3. The van der Waals surface area contributed by atoms with Gasteiger partial charge >= 0.3 is 0 Å². The zero-order valence-corrected chi connectivity index (χ0v) is 16.6. The van der Waals surface area contributed by atoms with E-state index in [4.69, 9.17) is 14.5 Å². The molecule has 0 spiro atoms. The van der Waals surface area contributed by atoms with Crippen molar-refractivity contribution in [2.75, 3.05) is 26.7 Å². The lowest BCUT2D eigenvalue weighted by atomic mass is 10.1. The number of guanidine groups is 1. The summed E-state index contributed by atoms with van der Waals surface area (Å²) >= 11 is 0. The standard InChI is InChI=1S/C21H27FN4O2/c1-4-23-21(25-12-16-5-10-20(27-3)24-11-16)26-13-15(2)28-19(14-26)17-6-8-18(22)9-7-17/h5-11,15,19H,4,12-14H2,1-3H3,(H,23,25). The number of aliphatic imine (C=N–C) groups is 1. The Labute approximate surface area is 165 Å². The van der Waals surface area contributed by atoms with Crippen LogP contribution in [0.1, 0.15) is 31.1 Å². The van der Waals surface area contributed by atoms with E-state index in [9.17, 15) is 4.39 Å². The van der Waals surface area contributed by atoms with Gasteiger partial charge < -0.3 is 19.7 Å². The van der Waals surface area contributed by atoms with Crippen LogP contribution in [-0.4, -0.2) is 48.7 Å². The van der Waals surface area contributed by atoms with E-state index in [2.05, 4.69) is 15.2 Å². The van der Waals surface area contributed by atoms with Crippen molar-refractivity contribution in [3.05, 3.63) is 59.5 Å². The molecule has 2 heterocycles. The minimum absolute atomic E-state index is 0.0373. The van der Waals surface area contributed by atoms with E-state index >= 15 is 0 Å². The number of ether oxygens (including phenoxy) is 2. The summed E-state index contributed by atoms with van der Waals surface area (Å²) in [5.41, 5.74) is 1.97. The summed E-state index contributed by atoms with van der Waals surface area (Å²) in [6.07, 6.45) is 1.68. The molecule has 6 nitrogen and oxygen atoms in total. The second kappa shape index (κ2) is 9.50. The Balaban J connectivity index is 1.74. The van der Waals surface area contributed by atoms with Crippen LogP contribution in [0, 0.1) is 5.82 Å². The number of halogens is 1. The molecule has 3 rings (SSSR count). The topological polar surface area (TPSA) is 59.0 Å². The van der Waals surface area contributed by atoms with E-state index in [0.717, 1.165) is 30.2 Å². The van der Waals surface area contributed by atoms with Gasteiger partial charge in [0, 0.05) is 25.4 Å². The summed E-state index contributed by atoms with van der Waals surface area (Å²) in [6.45, 7) is 6.78. The minimum Gasteiger partial charge on any atom is -0.481 e. The van der Waals surface area contributed by atoms with Crippen LogP contribution >= 0.6 is 0 Å². The van der Waals surface area contributed by atoms with Gasteiger partial charge in [0.2, 0.25) is 5.88 Å². The molecule has 0 amide bonds. The molecule has 1 aliphatic heterocycles. The van der Waals surface area contributed by atoms with Crippen molar-refractivity contribution in [3.8, 4) is 5.88 Å². The Morgan fingerprint density at radius 2 is 2.07 bits per heavy atom. The van der Waals surface area contributed by atoms with Gasteiger partial charge in [-0.2, -0.15) is 0 Å². The van der Waals surface area contributed by atoms with Crippen molar-refractivity contribution < 1.29 is 13.9 Å². The summed E-state index contributed by atoms with van der Waals surface area (Å²) < 4.78 is 24.4. The minimum atomic E-state index is -0.243. The Kier molecular flexibility index (Phi) is 6.81. The van der Waals surface area contributed by atoms with E-state index in [0.29, 0.717) is 19.0 Å². The number of hydrogen-bond acceptors (Lipinski definition) is 4. The van der Waals surface area contributed by atoms with Crippen molar-refractivity contribution in [1.29, 1.82) is 0 Å².